The summed E-state index contributed by atoms with van der Waals surface area (Å²) in [5, 5.41) is 2.57. The van der Waals surface area contributed by atoms with Gasteiger partial charge in [-0.25, -0.2) is 8.78 Å². The highest BCUT2D eigenvalue weighted by molar-refractivity contribution is 5.94. The second-order valence-electron chi connectivity index (χ2n) is 5.43. The Labute approximate surface area is 142 Å². The fourth-order valence-electron chi connectivity index (χ4n) is 2.37. The molecule has 0 aliphatic rings. The van der Waals surface area contributed by atoms with E-state index in [1.807, 2.05) is 0 Å². The molecular formula is C19H14F2N2O2. The van der Waals surface area contributed by atoms with Crippen LogP contribution in [-0.4, -0.2) is 10.9 Å². The molecule has 0 saturated heterocycles. The zero-order valence-corrected chi connectivity index (χ0v) is 13.1. The average molecular weight is 340 g/mol. The first-order valence-corrected chi connectivity index (χ1v) is 7.55. The Bertz CT molecular complexity index is 966. The van der Waals surface area contributed by atoms with Gasteiger partial charge in [0.1, 0.15) is 17.2 Å². The molecule has 4 nitrogen and oxygen atoms in total. The Kier molecular flexibility index (Phi) is 4.70. The minimum atomic E-state index is -0.559. The Balaban J connectivity index is 1.75. The van der Waals surface area contributed by atoms with Crippen molar-refractivity contribution in [3.8, 4) is 11.3 Å². The van der Waals surface area contributed by atoms with Crippen LogP contribution in [0.4, 0.5) is 8.78 Å². The van der Waals surface area contributed by atoms with Gasteiger partial charge in [0.05, 0.1) is 0 Å². The van der Waals surface area contributed by atoms with Crippen LogP contribution in [0.25, 0.3) is 11.3 Å². The summed E-state index contributed by atoms with van der Waals surface area (Å²) in [6.07, 6.45) is 0. The van der Waals surface area contributed by atoms with E-state index >= 15 is 0 Å². The van der Waals surface area contributed by atoms with E-state index in [2.05, 4.69) is 10.3 Å². The summed E-state index contributed by atoms with van der Waals surface area (Å²) in [6, 6.07) is 14.4. The SMILES string of the molecule is O=C(NCc1cccc(F)c1)c1ccc(-c2ccc(F)cc2)[nH]c1=O. The maximum Gasteiger partial charge on any atom is 0.261 e. The van der Waals surface area contributed by atoms with E-state index in [-0.39, 0.29) is 17.9 Å². The molecule has 0 bridgehead atoms. The standard InChI is InChI=1S/C19H14F2N2O2/c20-14-6-4-13(5-7-14)17-9-8-16(19(25)23-17)18(24)22-11-12-2-1-3-15(21)10-12/h1-10H,11H2,(H,22,24)(H,23,25). The van der Waals surface area contributed by atoms with Crippen molar-refractivity contribution >= 4 is 5.91 Å². The molecule has 0 fully saturated rings. The summed E-state index contributed by atoms with van der Waals surface area (Å²) in [6.45, 7) is 0.107. The highest BCUT2D eigenvalue weighted by atomic mass is 19.1. The van der Waals surface area contributed by atoms with E-state index in [0.717, 1.165) is 0 Å². The van der Waals surface area contributed by atoms with Gasteiger partial charge in [-0.2, -0.15) is 0 Å². The fraction of sp³-hybridized carbons (Fsp3) is 0.0526. The van der Waals surface area contributed by atoms with Crippen molar-refractivity contribution in [2.24, 2.45) is 0 Å². The molecule has 1 heterocycles. The van der Waals surface area contributed by atoms with Crippen LogP contribution in [0.5, 0.6) is 0 Å². The van der Waals surface area contributed by atoms with Crippen LogP contribution in [0, 0.1) is 11.6 Å². The van der Waals surface area contributed by atoms with Crippen molar-refractivity contribution in [1.29, 1.82) is 0 Å². The molecule has 3 rings (SSSR count). The number of H-pyrrole nitrogens is 1. The van der Waals surface area contributed by atoms with Gasteiger partial charge in [-0.3, -0.25) is 9.59 Å². The molecule has 25 heavy (non-hydrogen) atoms. The molecule has 6 heteroatoms. The molecule has 0 saturated carbocycles. The maximum atomic E-state index is 13.1. The summed E-state index contributed by atoms with van der Waals surface area (Å²) in [4.78, 5) is 26.9. The van der Waals surface area contributed by atoms with Gasteiger partial charge < -0.3 is 10.3 Å². The number of aromatic amines is 1. The number of rotatable bonds is 4. The van der Waals surface area contributed by atoms with Crippen molar-refractivity contribution < 1.29 is 13.6 Å². The number of nitrogens with one attached hydrogen (secondary N) is 2. The number of halogens is 2. The second kappa shape index (κ2) is 7.09. The first-order chi connectivity index (χ1) is 12.0. The largest absolute Gasteiger partial charge is 0.348 e. The van der Waals surface area contributed by atoms with Gasteiger partial charge in [-0.1, -0.05) is 12.1 Å². The lowest BCUT2D eigenvalue weighted by atomic mass is 10.1. The average Bonchev–Trinajstić information content (AvgIpc) is 2.60. The summed E-state index contributed by atoms with van der Waals surface area (Å²) < 4.78 is 26.1. The van der Waals surface area contributed by atoms with Crippen molar-refractivity contribution in [3.05, 3.63) is 93.8 Å². The van der Waals surface area contributed by atoms with Crippen LogP contribution < -0.4 is 10.9 Å². The summed E-state index contributed by atoms with van der Waals surface area (Å²) >= 11 is 0. The van der Waals surface area contributed by atoms with Crippen LogP contribution >= 0.6 is 0 Å². The second-order valence-corrected chi connectivity index (χ2v) is 5.43. The highest BCUT2D eigenvalue weighted by Crippen LogP contribution is 2.16. The number of aromatic nitrogens is 1. The van der Waals surface area contributed by atoms with E-state index in [1.54, 1.807) is 18.2 Å². The van der Waals surface area contributed by atoms with Gasteiger partial charge in [0.25, 0.3) is 11.5 Å². The number of carbonyl (C=O) groups excluding carboxylic acids is 1. The van der Waals surface area contributed by atoms with Crippen LogP contribution in [0.3, 0.4) is 0 Å². The van der Waals surface area contributed by atoms with Gasteiger partial charge in [0.15, 0.2) is 0 Å². The third-order valence-corrected chi connectivity index (χ3v) is 3.65. The first-order valence-electron chi connectivity index (χ1n) is 7.55. The minimum absolute atomic E-state index is 0.0535. The molecule has 2 aromatic carbocycles. The summed E-state index contributed by atoms with van der Waals surface area (Å²) in [5.74, 6) is -1.33. The summed E-state index contributed by atoms with van der Waals surface area (Å²) in [7, 11) is 0. The lowest BCUT2D eigenvalue weighted by Crippen LogP contribution is -2.29. The van der Waals surface area contributed by atoms with E-state index in [4.69, 9.17) is 0 Å². The fourth-order valence-corrected chi connectivity index (χ4v) is 2.37. The van der Waals surface area contributed by atoms with Crippen LogP contribution in [-0.2, 0) is 6.54 Å². The zero-order chi connectivity index (χ0) is 17.8. The van der Waals surface area contributed by atoms with E-state index in [1.165, 1.54) is 42.5 Å². The molecule has 3 aromatic rings. The van der Waals surface area contributed by atoms with Gasteiger partial charge in [-0.05, 0) is 59.7 Å². The molecular weight excluding hydrogens is 326 g/mol. The zero-order valence-electron chi connectivity index (χ0n) is 13.1. The molecule has 1 aromatic heterocycles. The van der Waals surface area contributed by atoms with E-state index < -0.39 is 17.3 Å². The quantitative estimate of drug-likeness (QED) is 0.766. The lowest BCUT2D eigenvalue weighted by molar-refractivity contribution is 0.0949. The monoisotopic (exact) mass is 340 g/mol. The Morgan fingerprint density at radius 1 is 0.960 bits per heavy atom. The van der Waals surface area contributed by atoms with E-state index in [0.29, 0.717) is 16.8 Å². The Hall–Kier alpha value is -3.28. The van der Waals surface area contributed by atoms with Gasteiger partial charge in [0.2, 0.25) is 0 Å². The lowest BCUT2D eigenvalue weighted by Gasteiger charge is -2.07. The predicted octanol–water partition coefficient (Wildman–Crippen LogP) is 3.25. The number of benzene rings is 2. The van der Waals surface area contributed by atoms with Crippen molar-refractivity contribution in [2.45, 2.75) is 6.54 Å². The van der Waals surface area contributed by atoms with Crippen LogP contribution in [0.15, 0.2) is 65.5 Å². The number of hydrogen-bond acceptors (Lipinski definition) is 2. The van der Waals surface area contributed by atoms with Gasteiger partial charge in [0, 0.05) is 12.2 Å². The maximum absolute atomic E-state index is 13.1. The van der Waals surface area contributed by atoms with Crippen LogP contribution in [0.1, 0.15) is 15.9 Å². The van der Waals surface area contributed by atoms with Crippen molar-refractivity contribution in [3.63, 3.8) is 0 Å². The molecule has 0 atom stereocenters. The number of carbonyl (C=O) groups is 1. The molecule has 1 amide bonds. The minimum Gasteiger partial charge on any atom is -0.348 e. The molecule has 126 valence electrons. The molecule has 2 N–H and O–H groups in total. The molecule has 0 aliphatic heterocycles. The molecule has 0 radical (unpaired) electrons. The highest BCUT2D eigenvalue weighted by Gasteiger charge is 2.11. The van der Waals surface area contributed by atoms with E-state index in [9.17, 15) is 18.4 Å². The number of amides is 1. The van der Waals surface area contributed by atoms with Gasteiger partial charge >= 0.3 is 0 Å². The Morgan fingerprint density at radius 3 is 2.40 bits per heavy atom. The third kappa shape index (κ3) is 3.98. The van der Waals surface area contributed by atoms with Crippen molar-refractivity contribution in [2.75, 3.05) is 0 Å². The van der Waals surface area contributed by atoms with Crippen LogP contribution in [0.2, 0.25) is 0 Å². The molecule has 0 spiro atoms. The van der Waals surface area contributed by atoms with Crippen molar-refractivity contribution in [1.82, 2.24) is 10.3 Å². The van der Waals surface area contributed by atoms with Gasteiger partial charge in [-0.15, -0.1) is 0 Å². The smallest absolute Gasteiger partial charge is 0.261 e. The molecule has 0 unspecified atom stereocenters. The Morgan fingerprint density at radius 2 is 1.72 bits per heavy atom. The topological polar surface area (TPSA) is 62.0 Å². The normalized spacial score (nSPS) is 10.5. The molecule has 0 aliphatic carbocycles. The predicted molar refractivity (Wildman–Crippen MR) is 90.0 cm³/mol. The first kappa shape index (κ1) is 16.6. The third-order valence-electron chi connectivity index (χ3n) is 3.65. The summed E-state index contributed by atoms with van der Waals surface area (Å²) in [5.41, 5.74) is 1.09. The number of pyridine rings is 1. The number of hydrogen-bond donors (Lipinski definition) is 2.